The van der Waals surface area contributed by atoms with E-state index in [-0.39, 0.29) is 0 Å². The highest BCUT2D eigenvalue weighted by Gasteiger charge is 2.29. The van der Waals surface area contributed by atoms with Crippen LogP contribution in [0.5, 0.6) is 0 Å². The highest BCUT2D eigenvalue weighted by molar-refractivity contribution is 5.82. The quantitative estimate of drug-likeness (QED) is 0.215. The standard InChI is InChI=1S/C4H6O6.H2O2/c5-1(3(7)8)2(6)4(9)10;1-2/h1-2,5-6H,(H,7,8)(H,9,10);1-2H. The van der Waals surface area contributed by atoms with Gasteiger partial charge in [-0.3, -0.25) is 10.5 Å². The lowest BCUT2D eigenvalue weighted by molar-refractivity contribution is -0.176. The van der Waals surface area contributed by atoms with E-state index in [2.05, 4.69) is 0 Å². The van der Waals surface area contributed by atoms with Crippen LogP contribution in [0.4, 0.5) is 0 Å². The Kier molecular flexibility index (Phi) is 7.23. The first-order chi connectivity index (χ1) is 5.46. The van der Waals surface area contributed by atoms with Crippen LogP contribution in [0, 0.1) is 0 Å². The molecule has 0 radical (unpaired) electrons. The Bertz CT molecular complexity index is 135. The van der Waals surface area contributed by atoms with E-state index in [0.29, 0.717) is 0 Å². The number of aliphatic hydroxyl groups excluding tert-OH is 2. The van der Waals surface area contributed by atoms with Gasteiger partial charge >= 0.3 is 11.9 Å². The fourth-order valence-electron chi connectivity index (χ4n) is 0.270. The highest BCUT2D eigenvalue weighted by Crippen LogP contribution is 1.92. The minimum atomic E-state index is -2.27. The van der Waals surface area contributed by atoms with E-state index in [1.54, 1.807) is 0 Å². The molecule has 0 aliphatic heterocycles. The average molecular weight is 184 g/mol. The number of carboxylic acid groups (broad SMARTS) is 2. The van der Waals surface area contributed by atoms with Crippen molar-refractivity contribution < 1.29 is 40.5 Å². The van der Waals surface area contributed by atoms with Gasteiger partial charge in [-0.25, -0.2) is 9.59 Å². The molecule has 0 amide bonds. The van der Waals surface area contributed by atoms with Crippen LogP contribution in [0.25, 0.3) is 0 Å². The van der Waals surface area contributed by atoms with Gasteiger partial charge in [-0.1, -0.05) is 0 Å². The number of hydrogen-bond donors (Lipinski definition) is 6. The minimum Gasteiger partial charge on any atom is -0.479 e. The number of carboxylic acids is 2. The molecule has 0 aliphatic carbocycles. The van der Waals surface area contributed by atoms with Crippen molar-refractivity contribution in [2.75, 3.05) is 0 Å². The molecule has 0 saturated carbocycles. The Labute approximate surface area is 65.9 Å². The second-order valence-corrected chi connectivity index (χ2v) is 1.57. The van der Waals surface area contributed by atoms with E-state index < -0.39 is 24.1 Å². The van der Waals surface area contributed by atoms with Gasteiger partial charge in [0.15, 0.2) is 12.2 Å². The lowest BCUT2D eigenvalue weighted by Crippen LogP contribution is -2.39. The molecule has 8 heteroatoms. The number of carbonyl (C=O) groups is 2. The van der Waals surface area contributed by atoms with Crippen molar-refractivity contribution in [2.24, 2.45) is 0 Å². The van der Waals surface area contributed by atoms with Gasteiger partial charge in [0.2, 0.25) is 0 Å². The Morgan fingerprint density at radius 1 is 0.833 bits per heavy atom. The Morgan fingerprint density at radius 2 is 1.00 bits per heavy atom. The van der Waals surface area contributed by atoms with Crippen LogP contribution in [-0.4, -0.2) is 55.1 Å². The molecular formula is C4H8O8. The van der Waals surface area contributed by atoms with Crippen LogP contribution < -0.4 is 0 Å². The zero-order valence-corrected chi connectivity index (χ0v) is 5.65. The fraction of sp³-hybridized carbons (Fsp3) is 0.500. The first kappa shape index (κ1) is 13.4. The van der Waals surface area contributed by atoms with Crippen LogP contribution in [0.3, 0.4) is 0 Å². The molecule has 6 N–H and O–H groups in total. The maximum absolute atomic E-state index is 9.77. The van der Waals surface area contributed by atoms with Crippen molar-refractivity contribution in [3.8, 4) is 0 Å². The fourth-order valence-corrected chi connectivity index (χ4v) is 0.270. The number of rotatable bonds is 3. The molecule has 72 valence electrons. The van der Waals surface area contributed by atoms with E-state index in [4.69, 9.17) is 30.9 Å². The third-order valence-corrected chi connectivity index (χ3v) is 0.805. The molecule has 2 atom stereocenters. The molecular weight excluding hydrogens is 176 g/mol. The van der Waals surface area contributed by atoms with Gasteiger partial charge in [0, 0.05) is 0 Å². The molecule has 0 fully saturated rings. The third-order valence-electron chi connectivity index (χ3n) is 0.805. The van der Waals surface area contributed by atoms with Gasteiger partial charge in [0.25, 0.3) is 0 Å². The molecule has 0 aromatic heterocycles. The average Bonchev–Trinajstić information content (AvgIpc) is 2.05. The summed E-state index contributed by atoms with van der Waals surface area (Å²) < 4.78 is 0. The second-order valence-electron chi connectivity index (χ2n) is 1.57. The van der Waals surface area contributed by atoms with Crippen LogP contribution in [0.1, 0.15) is 0 Å². The molecule has 0 bridgehead atoms. The molecule has 0 aliphatic rings. The summed E-state index contributed by atoms with van der Waals surface area (Å²) in [5, 5.41) is 44.5. The Morgan fingerprint density at radius 3 is 1.08 bits per heavy atom. The van der Waals surface area contributed by atoms with E-state index in [0.717, 1.165) is 0 Å². The predicted octanol–water partition coefficient (Wildman–Crippen LogP) is -2.11. The zero-order chi connectivity index (χ0) is 10.3. The summed E-state index contributed by atoms with van der Waals surface area (Å²) in [4.78, 5) is 19.5. The van der Waals surface area contributed by atoms with E-state index in [9.17, 15) is 9.59 Å². The van der Waals surface area contributed by atoms with E-state index >= 15 is 0 Å². The van der Waals surface area contributed by atoms with Gasteiger partial charge in [-0.05, 0) is 0 Å². The van der Waals surface area contributed by atoms with Crippen molar-refractivity contribution in [1.29, 1.82) is 0 Å². The SMILES string of the molecule is O=C(O)C(O)C(O)C(=O)O.OO. The molecule has 2 unspecified atom stereocenters. The molecule has 0 aromatic rings. The maximum Gasteiger partial charge on any atom is 0.335 e. The van der Waals surface area contributed by atoms with Gasteiger partial charge in [0.1, 0.15) is 0 Å². The molecule has 0 rings (SSSR count). The number of aliphatic hydroxyl groups is 2. The van der Waals surface area contributed by atoms with Crippen molar-refractivity contribution in [3.63, 3.8) is 0 Å². The number of hydrogen-bond acceptors (Lipinski definition) is 6. The van der Waals surface area contributed by atoms with Gasteiger partial charge in [-0.2, -0.15) is 0 Å². The molecule has 0 spiro atoms. The molecule has 8 nitrogen and oxygen atoms in total. The third kappa shape index (κ3) is 4.57. The summed E-state index contributed by atoms with van der Waals surface area (Å²) in [7, 11) is 0. The number of aliphatic carboxylic acids is 2. The monoisotopic (exact) mass is 184 g/mol. The summed E-state index contributed by atoms with van der Waals surface area (Å²) in [5.74, 6) is -3.54. The van der Waals surface area contributed by atoms with E-state index in [1.165, 1.54) is 0 Å². The van der Waals surface area contributed by atoms with Crippen LogP contribution in [-0.2, 0) is 9.59 Å². The van der Waals surface area contributed by atoms with Crippen molar-refractivity contribution in [2.45, 2.75) is 12.2 Å². The van der Waals surface area contributed by atoms with Crippen LogP contribution >= 0.6 is 0 Å². The molecule has 0 saturated heterocycles. The second kappa shape index (κ2) is 6.49. The summed E-state index contributed by atoms with van der Waals surface area (Å²) in [6.07, 6.45) is -4.53. The predicted molar refractivity (Wildman–Crippen MR) is 32.5 cm³/mol. The lowest BCUT2D eigenvalue weighted by Gasteiger charge is -2.07. The summed E-state index contributed by atoms with van der Waals surface area (Å²) in [5.41, 5.74) is 0. The summed E-state index contributed by atoms with van der Waals surface area (Å²) in [6, 6.07) is 0. The largest absolute Gasteiger partial charge is 0.479 e. The molecule has 12 heavy (non-hydrogen) atoms. The lowest BCUT2D eigenvalue weighted by atomic mass is 10.2. The molecule has 0 heterocycles. The first-order valence-electron chi connectivity index (χ1n) is 2.48. The topological polar surface area (TPSA) is 156 Å². The van der Waals surface area contributed by atoms with E-state index in [1.807, 2.05) is 0 Å². The van der Waals surface area contributed by atoms with Gasteiger partial charge in [-0.15, -0.1) is 0 Å². The zero-order valence-electron chi connectivity index (χ0n) is 5.65. The van der Waals surface area contributed by atoms with Gasteiger partial charge in [0.05, 0.1) is 0 Å². The normalized spacial score (nSPS) is 13.7. The van der Waals surface area contributed by atoms with Crippen molar-refractivity contribution in [1.82, 2.24) is 0 Å². The minimum absolute atomic E-state index is 1.77. The van der Waals surface area contributed by atoms with Gasteiger partial charge < -0.3 is 20.4 Å². The first-order valence-corrected chi connectivity index (χ1v) is 2.48. The smallest absolute Gasteiger partial charge is 0.335 e. The van der Waals surface area contributed by atoms with Crippen molar-refractivity contribution in [3.05, 3.63) is 0 Å². The molecule has 0 aromatic carbocycles. The highest BCUT2D eigenvalue weighted by atomic mass is 17.0. The Hall–Kier alpha value is -1.22. The maximum atomic E-state index is 9.77. The van der Waals surface area contributed by atoms with Crippen molar-refractivity contribution >= 4 is 11.9 Å². The van der Waals surface area contributed by atoms with Crippen LogP contribution in [0.15, 0.2) is 0 Å². The Balaban J connectivity index is 0. The van der Waals surface area contributed by atoms with Crippen LogP contribution in [0.2, 0.25) is 0 Å². The summed E-state index contributed by atoms with van der Waals surface area (Å²) in [6.45, 7) is 0. The summed E-state index contributed by atoms with van der Waals surface area (Å²) >= 11 is 0.